The predicted octanol–water partition coefficient (Wildman–Crippen LogP) is 2.33. The highest BCUT2D eigenvalue weighted by atomic mass is 35.5. The molecule has 1 aliphatic heterocycles. The molecule has 1 aliphatic rings. The van der Waals surface area contributed by atoms with Crippen LogP contribution in [0.3, 0.4) is 0 Å². The number of carbonyl (C=O) groups excluding carboxylic acids is 1. The maximum Gasteiger partial charge on any atom is 0.338 e. The number of esters is 1. The van der Waals surface area contributed by atoms with Crippen molar-refractivity contribution in [3.63, 3.8) is 0 Å². The standard InChI is InChI=1S/C15H16N2O3.ClH/c1-2-20-15(19)10-6-7-11-12(9-10)16-13-5-3-4-8-17(13)14(11)18;/h6-7,9H,2-5,8H2,1H3;1H. The van der Waals surface area contributed by atoms with Gasteiger partial charge >= 0.3 is 5.97 Å². The Labute approximate surface area is 128 Å². The number of aryl methyl sites for hydroxylation is 1. The molecule has 0 saturated carbocycles. The molecule has 2 aromatic rings. The first-order valence-electron chi connectivity index (χ1n) is 6.91. The highest BCUT2D eigenvalue weighted by Crippen LogP contribution is 2.16. The third-order valence-electron chi connectivity index (χ3n) is 3.58. The lowest BCUT2D eigenvalue weighted by molar-refractivity contribution is 0.0526. The molecule has 0 bridgehead atoms. The third kappa shape index (κ3) is 2.78. The van der Waals surface area contributed by atoms with Gasteiger partial charge in [-0.3, -0.25) is 9.36 Å². The highest BCUT2D eigenvalue weighted by molar-refractivity contribution is 5.94. The normalized spacial score (nSPS) is 13.4. The molecule has 1 aromatic heterocycles. The van der Waals surface area contributed by atoms with Crippen molar-refractivity contribution < 1.29 is 9.53 Å². The van der Waals surface area contributed by atoms with E-state index in [0.29, 0.717) is 23.1 Å². The van der Waals surface area contributed by atoms with E-state index in [1.807, 2.05) is 0 Å². The molecule has 0 fully saturated rings. The number of fused-ring (bicyclic) bond motifs is 2. The minimum Gasteiger partial charge on any atom is -0.462 e. The molecule has 0 saturated heterocycles. The maximum absolute atomic E-state index is 12.4. The van der Waals surface area contributed by atoms with Gasteiger partial charge in [-0.1, -0.05) is 0 Å². The summed E-state index contributed by atoms with van der Waals surface area (Å²) in [6, 6.07) is 4.93. The van der Waals surface area contributed by atoms with Crippen molar-refractivity contribution in [3.8, 4) is 0 Å². The number of nitrogens with zero attached hydrogens (tertiary/aromatic N) is 2. The number of ether oxygens (including phenoxy) is 1. The van der Waals surface area contributed by atoms with Gasteiger partial charge in [-0.15, -0.1) is 12.4 Å². The maximum atomic E-state index is 12.4. The van der Waals surface area contributed by atoms with Crippen molar-refractivity contribution in [2.75, 3.05) is 6.61 Å². The van der Waals surface area contributed by atoms with Crippen LogP contribution in [0.25, 0.3) is 10.9 Å². The number of hydrogen-bond donors (Lipinski definition) is 0. The molecule has 6 heteroatoms. The minimum atomic E-state index is -0.381. The molecule has 21 heavy (non-hydrogen) atoms. The van der Waals surface area contributed by atoms with Crippen molar-refractivity contribution in [1.82, 2.24) is 9.55 Å². The molecule has 0 atom stereocenters. The van der Waals surface area contributed by atoms with Gasteiger partial charge in [0.2, 0.25) is 0 Å². The Hall–Kier alpha value is -1.88. The van der Waals surface area contributed by atoms with Crippen LogP contribution in [0.1, 0.15) is 35.9 Å². The zero-order chi connectivity index (χ0) is 14.1. The van der Waals surface area contributed by atoms with Gasteiger partial charge in [-0.2, -0.15) is 0 Å². The van der Waals surface area contributed by atoms with E-state index in [1.165, 1.54) is 0 Å². The van der Waals surface area contributed by atoms with Gasteiger partial charge in [0.05, 0.1) is 23.1 Å². The van der Waals surface area contributed by atoms with Gasteiger partial charge in [0.1, 0.15) is 5.82 Å². The summed E-state index contributed by atoms with van der Waals surface area (Å²) in [5.74, 6) is 0.434. The van der Waals surface area contributed by atoms with E-state index >= 15 is 0 Å². The lowest BCUT2D eigenvalue weighted by Crippen LogP contribution is -2.28. The Morgan fingerprint density at radius 2 is 2.19 bits per heavy atom. The number of halogens is 1. The first-order chi connectivity index (χ1) is 9.70. The lowest BCUT2D eigenvalue weighted by Gasteiger charge is -2.17. The summed E-state index contributed by atoms with van der Waals surface area (Å²) in [7, 11) is 0. The zero-order valence-corrected chi connectivity index (χ0v) is 12.6. The SMILES string of the molecule is CCOC(=O)c1ccc2c(=O)n3c(nc2c1)CCCC3.Cl. The first kappa shape index (κ1) is 15.5. The summed E-state index contributed by atoms with van der Waals surface area (Å²) in [6.07, 6.45) is 2.88. The summed E-state index contributed by atoms with van der Waals surface area (Å²) in [6.45, 7) is 2.83. The van der Waals surface area contributed by atoms with E-state index < -0.39 is 0 Å². The van der Waals surface area contributed by atoms with Crippen molar-refractivity contribution in [2.24, 2.45) is 0 Å². The molecule has 5 nitrogen and oxygen atoms in total. The number of aromatic nitrogens is 2. The highest BCUT2D eigenvalue weighted by Gasteiger charge is 2.16. The number of carbonyl (C=O) groups is 1. The molecule has 112 valence electrons. The van der Waals surface area contributed by atoms with E-state index in [1.54, 1.807) is 29.7 Å². The molecule has 0 unspecified atom stereocenters. The van der Waals surface area contributed by atoms with Gasteiger partial charge in [-0.25, -0.2) is 9.78 Å². The van der Waals surface area contributed by atoms with Crippen molar-refractivity contribution in [3.05, 3.63) is 39.9 Å². The fraction of sp³-hybridized carbons (Fsp3) is 0.400. The van der Waals surface area contributed by atoms with E-state index in [0.717, 1.165) is 31.6 Å². The van der Waals surface area contributed by atoms with Crippen LogP contribution in [0, 0.1) is 0 Å². The third-order valence-corrected chi connectivity index (χ3v) is 3.58. The van der Waals surface area contributed by atoms with Gasteiger partial charge in [0, 0.05) is 13.0 Å². The van der Waals surface area contributed by atoms with Crippen LogP contribution in [0.15, 0.2) is 23.0 Å². The minimum absolute atomic E-state index is 0. The van der Waals surface area contributed by atoms with Crippen molar-refractivity contribution >= 4 is 29.3 Å². The fourth-order valence-corrected chi connectivity index (χ4v) is 2.58. The van der Waals surface area contributed by atoms with Crippen LogP contribution in [0.5, 0.6) is 0 Å². The van der Waals surface area contributed by atoms with E-state index in [2.05, 4.69) is 4.98 Å². The number of benzene rings is 1. The number of hydrogen-bond acceptors (Lipinski definition) is 4. The lowest BCUT2D eigenvalue weighted by atomic mass is 10.1. The van der Waals surface area contributed by atoms with Gasteiger partial charge in [-0.05, 0) is 38.0 Å². The van der Waals surface area contributed by atoms with E-state index in [4.69, 9.17) is 4.74 Å². The summed E-state index contributed by atoms with van der Waals surface area (Å²) in [5, 5.41) is 0.559. The molecular formula is C15H17ClN2O3. The van der Waals surface area contributed by atoms with Crippen LogP contribution in [0.4, 0.5) is 0 Å². The second-order valence-corrected chi connectivity index (χ2v) is 4.89. The molecule has 0 N–H and O–H groups in total. The largest absolute Gasteiger partial charge is 0.462 e. The number of rotatable bonds is 2. The van der Waals surface area contributed by atoms with Crippen LogP contribution in [-0.4, -0.2) is 22.1 Å². The van der Waals surface area contributed by atoms with Gasteiger partial charge in [0.25, 0.3) is 5.56 Å². The Morgan fingerprint density at radius 3 is 2.95 bits per heavy atom. The quantitative estimate of drug-likeness (QED) is 0.799. The van der Waals surface area contributed by atoms with Crippen LogP contribution >= 0.6 is 12.4 Å². The molecule has 2 heterocycles. The van der Waals surface area contributed by atoms with Gasteiger partial charge in [0.15, 0.2) is 0 Å². The van der Waals surface area contributed by atoms with Gasteiger partial charge < -0.3 is 4.74 Å². The second-order valence-electron chi connectivity index (χ2n) is 4.89. The first-order valence-corrected chi connectivity index (χ1v) is 6.91. The summed E-state index contributed by atoms with van der Waals surface area (Å²) < 4.78 is 6.72. The topological polar surface area (TPSA) is 61.2 Å². The van der Waals surface area contributed by atoms with Crippen molar-refractivity contribution in [2.45, 2.75) is 32.7 Å². The Morgan fingerprint density at radius 1 is 1.38 bits per heavy atom. The molecule has 3 rings (SSSR count). The summed E-state index contributed by atoms with van der Waals surface area (Å²) in [5.41, 5.74) is 1.00. The van der Waals surface area contributed by atoms with Crippen LogP contribution < -0.4 is 5.56 Å². The second kappa shape index (κ2) is 6.26. The monoisotopic (exact) mass is 308 g/mol. The molecule has 1 aromatic carbocycles. The van der Waals surface area contributed by atoms with E-state index in [9.17, 15) is 9.59 Å². The zero-order valence-electron chi connectivity index (χ0n) is 11.8. The fourth-order valence-electron chi connectivity index (χ4n) is 2.58. The van der Waals surface area contributed by atoms with Crippen LogP contribution in [-0.2, 0) is 17.7 Å². The van der Waals surface area contributed by atoms with Crippen molar-refractivity contribution in [1.29, 1.82) is 0 Å². The molecule has 0 amide bonds. The molecule has 0 spiro atoms. The van der Waals surface area contributed by atoms with E-state index in [-0.39, 0.29) is 23.9 Å². The smallest absolute Gasteiger partial charge is 0.338 e. The van der Waals surface area contributed by atoms with Crippen LogP contribution in [0.2, 0.25) is 0 Å². The summed E-state index contributed by atoms with van der Waals surface area (Å²) in [4.78, 5) is 28.7. The molecule has 0 radical (unpaired) electrons. The predicted molar refractivity (Wildman–Crippen MR) is 82.1 cm³/mol. The average Bonchev–Trinajstić information content (AvgIpc) is 2.47. The summed E-state index contributed by atoms with van der Waals surface area (Å²) >= 11 is 0. The Bertz CT molecular complexity index is 740. The molecular weight excluding hydrogens is 292 g/mol. The molecule has 0 aliphatic carbocycles. The Kier molecular flexibility index (Phi) is 4.63. The Balaban J connectivity index is 0.00000161. The average molecular weight is 309 g/mol.